The fourth-order valence-electron chi connectivity index (χ4n) is 4.10. The van der Waals surface area contributed by atoms with Gasteiger partial charge in [0.15, 0.2) is 5.78 Å². The monoisotopic (exact) mass is 537 g/mol. The molecule has 186 valence electrons. The standard InChI is InChI=1S/C28H19ClF3N3OS/c1-16-27(37-26(35-16)14-25(36)17-6-9-23(29)22(13-17)28(30,31)32)18-5-8-21-19(12-18)15-34-24(21)10-7-20-4-2-3-11-33-20/h2-13H,14-15H2,1H3/b10-7+. The summed E-state index contributed by atoms with van der Waals surface area (Å²) in [5.74, 6) is -0.450. The highest BCUT2D eigenvalue weighted by Crippen LogP contribution is 2.36. The molecule has 0 bridgehead atoms. The number of allylic oxidation sites excluding steroid dienone is 1. The van der Waals surface area contributed by atoms with E-state index < -0.39 is 22.5 Å². The van der Waals surface area contributed by atoms with Gasteiger partial charge in [0.25, 0.3) is 0 Å². The summed E-state index contributed by atoms with van der Waals surface area (Å²) >= 11 is 7.04. The maximum absolute atomic E-state index is 13.2. The van der Waals surface area contributed by atoms with Crippen LogP contribution in [0.3, 0.4) is 0 Å². The number of Topliss-reactive ketones (excluding diaryl/α,β-unsaturated/α-hetero) is 1. The van der Waals surface area contributed by atoms with Crippen LogP contribution in [0.25, 0.3) is 16.5 Å². The van der Waals surface area contributed by atoms with Crippen LogP contribution in [0.1, 0.15) is 43.4 Å². The van der Waals surface area contributed by atoms with Crippen molar-refractivity contribution in [3.05, 3.63) is 111 Å². The third-order valence-corrected chi connectivity index (χ3v) is 7.45. The Morgan fingerprint density at radius 3 is 2.70 bits per heavy atom. The van der Waals surface area contributed by atoms with Gasteiger partial charge >= 0.3 is 6.18 Å². The molecule has 0 unspecified atom stereocenters. The van der Waals surface area contributed by atoms with Crippen molar-refractivity contribution in [2.45, 2.75) is 26.1 Å². The fraction of sp³-hybridized carbons (Fsp3) is 0.143. The summed E-state index contributed by atoms with van der Waals surface area (Å²) in [6.07, 6.45) is 0.892. The van der Waals surface area contributed by atoms with Crippen molar-refractivity contribution >= 4 is 40.5 Å². The Bertz CT molecular complexity index is 1560. The SMILES string of the molecule is Cc1nc(CC(=O)c2ccc(Cl)c(C(F)(F)F)c2)sc1-c1ccc2c(c1)CN=C2/C=C/c1ccccn1. The van der Waals surface area contributed by atoms with E-state index in [4.69, 9.17) is 11.6 Å². The lowest BCUT2D eigenvalue weighted by molar-refractivity contribution is -0.137. The Hall–Kier alpha value is -3.62. The number of aromatic nitrogens is 2. The third kappa shape index (κ3) is 5.40. The number of nitrogens with zero attached hydrogens (tertiary/aromatic N) is 3. The zero-order valence-electron chi connectivity index (χ0n) is 19.5. The van der Waals surface area contributed by atoms with Crippen molar-refractivity contribution in [3.8, 4) is 10.4 Å². The van der Waals surface area contributed by atoms with Crippen molar-refractivity contribution in [1.82, 2.24) is 9.97 Å². The van der Waals surface area contributed by atoms with Crippen LogP contribution in [-0.2, 0) is 19.1 Å². The number of rotatable bonds is 6. The fourth-order valence-corrected chi connectivity index (χ4v) is 5.39. The van der Waals surface area contributed by atoms with Crippen LogP contribution in [0, 0.1) is 6.92 Å². The summed E-state index contributed by atoms with van der Waals surface area (Å²) in [6, 6.07) is 15.0. The van der Waals surface area contributed by atoms with E-state index in [1.165, 1.54) is 17.4 Å². The number of hydrogen-bond acceptors (Lipinski definition) is 5. The maximum Gasteiger partial charge on any atom is 0.417 e. The number of carbonyl (C=O) groups is 1. The highest BCUT2D eigenvalue weighted by molar-refractivity contribution is 7.15. The number of hydrogen-bond donors (Lipinski definition) is 0. The first-order valence-electron chi connectivity index (χ1n) is 11.3. The first-order valence-corrected chi connectivity index (χ1v) is 12.5. The van der Waals surface area contributed by atoms with Crippen molar-refractivity contribution in [3.63, 3.8) is 0 Å². The number of thiazole rings is 1. The Labute approximate surface area is 220 Å². The van der Waals surface area contributed by atoms with Gasteiger partial charge < -0.3 is 0 Å². The summed E-state index contributed by atoms with van der Waals surface area (Å²) in [7, 11) is 0. The zero-order chi connectivity index (χ0) is 26.2. The van der Waals surface area contributed by atoms with Gasteiger partial charge in [-0.25, -0.2) is 4.98 Å². The minimum Gasteiger partial charge on any atom is -0.294 e. The lowest BCUT2D eigenvalue weighted by Gasteiger charge is -2.10. The number of benzene rings is 2. The first-order chi connectivity index (χ1) is 17.7. The second-order valence-electron chi connectivity index (χ2n) is 8.48. The van der Waals surface area contributed by atoms with Crippen molar-refractivity contribution in [1.29, 1.82) is 0 Å². The Morgan fingerprint density at radius 2 is 1.95 bits per heavy atom. The van der Waals surface area contributed by atoms with Crippen LogP contribution in [0.4, 0.5) is 13.2 Å². The second-order valence-corrected chi connectivity index (χ2v) is 9.97. The average molecular weight is 538 g/mol. The van der Waals surface area contributed by atoms with Gasteiger partial charge in [-0.3, -0.25) is 14.8 Å². The summed E-state index contributed by atoms with van der Waals surface area (Å²) in [4.78, 5) is 27.1. The van der Waals surface area contributed by atoms with Crippen LogP contribution in [0.15, 0.2) is 71.9 Å². The molecular formula is C28H19ClF3N3OS. The zero-order valence-corrected chi connectivity index (χ0v) is 21.1. The molecule has 1 aliphatic heterocycles. The number of pyridine rings is 1. The Balaban J connectivity index is 1.34. The van der Waals surface area contributed by atoms with Gasteiger partial charge in [0.1, 0.15) is 5.01 Å². The highest BCUT2D eigenvalue weighted by atomic mass is 35.5. The van der Waals surface area contributed by atoms with E-state index in [0.717, 1.165) is 50.8 Å². The smallest absolute Gasteiger partial charge is 0.294 e. The van der Waals surface area contributed by atoms with Crippen LogP contribution in [-0.4, -0.2) is 21.5 Å². The van der Waals surface area contributed by atoms with E-state index in [1.807, 2.05) is 49.4 Å². The molecule has 37 heavy (non-hydrogen) atoms. The van der Waals surface area contributed by atoms with Gasteiger partial charge in [-0.2, -0.15) is 13.2 Å². The topological polar surface area (TPSA) is 55.2 Å². The van der Waals surface area contributed by atoms with E-state index in [9.17, 15) is 18.0 Å². The summed E-state index contributed by atoms with van der Waals surface area (Å²) < 4.78 is 39.5. The van der Waals surface area contributed by atoms with Crippen molar-refractivity contribution in [2.24, 2.45) is 4.99 Å². The van der Waals surface area contributed by atoms with E-state index in [2.05, 4.69) is 21.0 Å². The molecule has 0 atom stereocenters. The first kappa shape index (κ1) is 25.0. The predicted molar refractivity (Wildman–Crippen MR) is 140 cm³/mol. The number of aliphatic imine (C=N–C) groups is 1. The number of alkyl halides is 3. The van der Waals surface area contributed by atoms with Gasteiger partial charge in [0.2, 0.25) is 0 Å². The maximum atomic E-state index is 13.2. The van der Waals surface area contributed by atoms with Crippen LogP contribution >= 0.6 is 22.9 Å². The molecule has 4 nitrogen and oxygen atoms in total. The molecule has 0 aliphatic carbocycles. The van der Waals surface area contributed by atoms with E-state index in [-0.39, 0.29) is 12.0 Å². The summed E-state index contributed by atoms with van der Waals surface area (Å²) in [5.41, 5.74) is 4.53. The number of carbonyl (C=O) groups excluding carboxylic acids is 1. The average Bonchev–Trinajstić information content (AvgIpc) is 3.45. The lowest BCUT2D eigenvalue weighted by atomic mass is 10.0. The molecule has 9 heteroatoms. The molecule has 0 amide bonds. The molecule has 4 aromatic rings. The summed E-state index contributed by atoms with van der Waals surface area (Å²) in [6.45, 7) is 2.42. The molecule has 2 aromatic carbocycles. The molecule has 0 radical (unpaired) electrons. The Morgan fingerprint density at radius 1 is 1.11 bits per heavy atom. The number of ketones is 1. The molecule has 0 N–H and O–H groups in total. The van der Waals surface area contributed by atoms with Crippen LogP contribution in [0.2, 0.25) is 5.02 Å². The van der Waals surface area contributed by atoms with E-state index in [1.54, 1.807) is 6.20 Å². The molecule has 0 saturated carbocycles. The van der Waals surface area contributed by atoms with Crippen LogP contribution < -0.4 is 0 Å². The van der Waals surface area contributed by atoms with Gasteiger partial charge in [-0.05, 0) is 66.6 Å². The lowest BCUT2D eigenvalue weighted by Crippen LogP contribution is -2.09. The van der Waals surface area contributed by atoms with Gasteiger partial charge in [-0.15, -0.1) is 11.3 Å². The minimum absolute atomic E-state index is 0.0490. The molecule has 2 aromatic heterocycles. The molecule has 3 heterocycles. The van der Waals surface area contributed by atoms with E-state index >= 15 is 0 Å². The van der Waals surface area contributed by atoms with E-state index in [0.29, 0.717) is 11.6 Å². The number of halogens is 4. The van der Waals surface area contributed by atoms with Crippen molar-refractivity contribution in [2.75, 3.05) is 0 Å². The largest absolute Gasteiger partial charge is 0.417 e. The normalized spacial score (nSPS) is 13.2. The number of fused-ring (bicyclic) bond motifs is 1. The molecule has 0 saturated heterocycles. The van der Waals surface area contributed by atoms with Crippen LogP contribution in [0.5, 0.6) is 0 Å². The molecule has 0 spiro atoms. The summed E-state index contributed by atoms with van der Waals surface area (Å²) in [5, 5.41) is 0.101. The predicted octanol–water partition coefficient (Wildman–Crippen LogP) is 7.63. The molecule has 0 fully saturated rings. The third-order valence-electron chi connectivity index (χ3n) is 5.91. The Kier molecular flexibility index (Phi) is 6.79. The van der Waals surface area contributed by atoms with Gasteiger partial charge in [0.05, 0.1) is 45.5 Å². The van der Waals surface area contributed by atoms with Crippen molar-refractivity contribution < 1.29 is 18.0 Å². The second kappa shape index (κ2) is 10.0. The van der Waals surface area contributed by atoms with Gasteiger partial charge in [-0.1, -0.05) is 29.8 Å². The quantitative estimate of drug-likeness (QED) is 0.238. The molecule has 5 rings (SSSR count). The minimum atomic E-state index is -4.64. The molecule has 1 aliphatic rings. The highest BCUT2D eigenvalue weighted by Gasteiger charge is 2.34. The number of aryl methyl sites for hydroxylation is 1. The van der Waals surface area contributed by atoms with Gasteiger partial charge in [0, 0.05) is 17.3 Å². The molecular weight excluding hydrogens is 519 g/mol.